The highest BCUT2D eigenvalue weighted by Gasteiger charge is 2.37. The van der Waals surface area contributed by atoms with Gasteiger partial charge in [-0.25, -0.2) is 8.42 Å². The van der Waals surface area contributed by atoms with Crippen LogP contribution in [0.3, 0.4) is 0 Å². The van der Waals surface area contributed by atoms with Crippen LogP contribution in [-0.4, -0.2) is 20.6 Å². The summed E-state index contributed by atoms with van der Waals surface area (Å²) < 4.78 is 27.6. The molecule has 1 atom stereocenters. The van der Waals surface area contributed by atoms with Crippen molar-refractivity contribution in [2.75, 3.05) is 6.26 Å². The fourth-order valence-corrected chi connectivity index (χ4v) is 2.50. The minimum atomic E-state index is -3.42. The maximum atomic E-state index is 11.5. The maximum absolute atomic E-state index is 11.5. The second-order valence-electron chi connectivity index (χ2n) is 3.57. The van der Waals surface area contributed by atoms with E-state index in [0.29, 0.717) is 5.56 Å². The normalized spacial score (nSPS) is 20.4. The molecule has 1 heterocycles. The van der Waals surface area contributed by atoms with Gasteiger partial charge in [-0.3, -0.25) is 4.79 Å². The van der Waals surface area contributed by atoms with Gasteiger partial charge >= 0.3 is 5.97 Å². The Bertz CT molecular complexity index is 543. The second-order valence-corrected chi connectivity index (χ2v) is 5.59. The number of hydrogen-bond donors (Lipinski definition) is 0. The standard InChI is InChI=1S/C11H10O4S/c1-16(13,14)9-7-15-11(12)10(9)8-5-3-2-4-6-8/h2-7,10H,1H3. The van der Waals surface area contributed by atoms with Crippen molar-refractivity contribution in [2.45, 2.75) is 5.92 Å². The van der Waals surface area contributed by atoms with Crippen LogP contribution in [0.15, 0.2) is 41.5 Å². The molecule has 1 aromatic rings. The molecule has 0 radical (unpaired) electrons. The average molecular weight is 238 g/mol. The monoisotopic (exact) mass is 238 g/mol. The third-order valence-electron chi connectivity index (χ3n) is 2.37. The Morgan fingerprint density at radius 3 is 2.38 bits per heavy atom. The van der Waals surface area contributed by atoms with Crippen molar-refractivity contribution in [3.05, 3.63) is 47.1 Å². The SMILES string of the molecule is CS(=O)(=O)C1=COC(=O)C1c1ccccc1. The summed E-state index contributed by atoms with van der Waals surface area (Å²) in [5.41, 5.74) is 0.627. The molecule has 0 bridgehead atoms. The molecule has 1 aliphatic heterocycles. The van der Waals surface area contributed by atoms with Gasteiger partial charge in [0.15, 0.2) is 9.84 Å². The van der Waals surface area contributed by atoms with E-state index in [2.05, 4.69) is 4.74 Å². The molecule has 1 aliphatic rings. The molecular formula is C11H10O4S. The number of cyclic esters (lactones) is 1. The molecular weight excluding hydrogens is 228 g/mol. The van der Waals surface area contributed by atoms with Crippen molar-refractivity contribution in [3.63, 3.8) is 0 Å². The van der Waals surface area contributed by atoms with E-state index in [1.807, 2.05) is 0 Å². The van der Waals surface area contributed by atoms with Crippen LogP contribution < -0.4 is 0 Å². The minimum absolute atomic E-state index is 0.0173. The predicted molar refractivity (Wildman–Crippen MR) is 58.2 cm³/mol. The first-order valence-corrected chi connectivity index (χ1v) is 6.55. The van der Waals surface area contributed by atoms with Crippen LogP contribution in [0, 0.1) is 0 Å². The largest absolute Gasteiger partial charge is 0.433 e. The van der Waals surface area contributed by atoms with E-state index in [0.717, 1.165) is 12.5 Å². The summed E-state index contributed by atoms with van der Waals surface area (Å²) >= 11 is 0. The molecule has 0 aliphatic carbocycles. The van der Waals surface area contributed by atoms with E-state index in [1.165, 1.54) is 0 Å². The Balaban J connectivity index is 2.48. The molecule has 0 saturated heterocycles. The van der Waals surface area contributed by atoms with E-state index in [1.54, 1.807) is 30.3 Å². The topological polar surface area (TPSA) is 60.4 Å². The van der Waals surface area contributed by atoms with Gasteiger partial charge in [0.1, 0.15) is 12.2 Å². The summed E-state index contributed by atoms with van der Waals surface area (Å²) in [6, 6.07) is 8.71. The molecule has 0 fully saturated rings. The lowest BCUT2D eigenvalue weighted by molar-refractivity contribution is -0.136. The van der Waals surface area contributed by atoms with E-state index in [9.17, 15) is 13.2 Å². The number of esters is 1. The van der Waals surface area contributed by atoms with Crippen molar-refractivity contribution in [2.24, 2.45) is 0 Å². The van der Waals surface area contributed by atoms with Gasteiger partial charge in [-0.15, -0.1) is 0 Å². The van der Waals surface area contributed by atoms with Crippen LogP contribution in [0.2, 0.25) is 0 Å². The fourth-order valence-electron chi connectivity index (χ4n) is 1.62. The molecule has 0 amide bonds. The third kappa shape index (κ3) is 1.86. The van der Waals surface area contributed by atoms with E-state index >= 15 is 0 Å². The van der Waals surface area contributed by atoms with E-state index < -0.39 is 21.7 Å². The van der Waals surface area contributed by atoms with E-state index in [4.69, 9.17) is 0 Å². The summed E-state index contributed by atoms with van der Waals surface area (Å²) in [7, 11) is -3.42. The number of ether oxygens (including phenoxy) is 1. The van der Waals surface area contributed by atoms with Crippen LogP contribution >= 0.6 is 0 Å². The molecule has 0 N–H and O–H groups in total. The summed E-state index contributed by atoms with van der Waals surface area (Å²) in [4.78, 5) is 11.5. The maximum Gasteiger partial charge on any atom is 0.323 e. The Morgan fingerprint density at radius 1 is 1.19 bits per heavy atom. The van der Waals surface area contributed by atoms with Gasteiger partial charge in [-0.1, -0.05) is 30.3 Å². The lowest BCUT2D eigenvalue weighted by atomic mass is 10.0. The number of carbonyl (C=O) groups is 1. The number of rotatable bonds is 2. The molecule has 84 valence electrons. The smallest absolute Gasteiger partial charge is 0.323 e. The van der Waals surface area contributed by atoms with Crippen LogP contribution in [0.1, 0.15) is 11.5 Å². The Morgan fingerprint density at radius 2 is 1.81 bits per heavy atom. The van der Waals surface area contributed by atoms with Crippen LogP contribution in [-0.2, 0) is 19.4 Å². The number of carbonyl (C=O) groups excluding carboxylic acids is 1. The van der Waals surface area contributed by atoms with Gasteiger partial charge in [0.05, 0.1) is 4.91 Å². The Kier molecular flexibility index (Phi) is 2.55. The first-order valence-electron chi connectivity index (χ1n) is 4.66. The summed E-state index contributed by atoms with van der Waals surface area (Å²) in [5.74, 6) is -1.37. The van der Waals surface area contributed by atoms with Crippen molar-refractivity contribution >= 4 is 15.8 Å². The van der Waals surface area contributed by atoms with Crippen molar-refractivity contribution < 1.29 is 17.9 Å². The third-order valence-corrected chi connectivity index (χ3v) is 3.56. The van der Waals surface area contributed by atoms with Gasteiger partial charge in [-0.2, -0.15) is 0 Å². The zero-order valence-electron chi connectivity index (χ0n) is 8.58. The van der Waals surface area contributed by atoms with Crippen LogP contribution in [0.5, 0.6) is 0 Å². The lowest BCUT2D eigenvalue weighted by Crippen LogP contribution is -2.14. The Hall–Kier alpha value is -1.62. The highest BCUT2D eigenvalue weighted by molar-refractivity contribution is 7.94. The quantitative estimate of drug-likeness (QED) is 0.727. The first kappa shape index (κ1) is 10.9. The zero-order chi connectivity index (χ0) is 11.8. The lowest BCUT2D eigenvalue weighted by Gasteiger charge is -2.09. The molecule has 0 spiro atoms. The summed E-state index contributed by atoms with van der Waals surface area (Å²) in [6.07, 6.45) is 2.09. The van der Waals surface area contributed by atoms with Crippen molar-refractivity contribution in [1.29, 1.82) is 0 Å². The number of hydrogen-bond acceptors (Lipinski definition) is 4. The molecule has 2 rings (SSSR count). The van der Waals surface area contributed by atoms with Gasteiger partial charge in [0.2, 0.25) is 0 Å². The van der Waals surface area contributed by atoms with Gasteiger partial charge in [-0.05, 0) is 5.56 Å². The molecule has 16 heavy (non-hydrogen) atoms. The highest BCUT2D eigenvalue weighted by Crippen LogP contribution is 2.33. The van der Waals surface area contributed by atoms with Crippen molar-refractivity contribution in [1.82, 2.24) is 0 Å². The van der Waals surface area contributed by atoms with E-state index in [-0.39, 0.29) is 4.91 Å². The zero-order valence-corrected chi connectivity index (χ0v) is 9.40. The highest BCUT2D eigenvalue weighted by atomic mass is 32.2. The molecule has 5 heteroatoms. The molecule has 0 saturated carbocycles. The van der Waals surface area contributed by atoms with Crippen LogP contribution in [0.4, 0.5) is 0 Å². The molecule has 4 nitrogen and oxygen atoms in total. The average Bonchev–Trinajstić information content (AvgIpc) is 2.61. The Labute approximate surface area is 93.5 Å². The van der Waals surface area contributed by atoms with Gasteiger partial charge in [0.25, 0.3) is 0 Å². The van der Waals surface area contributed by atoms with Crippen LogP contribution in [0.25, 0.3) is 0 Å². The number of sulfone groups is 1. The van der Waals surface area contributed by atoms with Crippen molar-refractivity contribution in [3.8, 4) is 0 Å². The number of benzene rings is 1. The minimum Gasteiger partial charge on any atom is -0.433 e. The first-order chi connectivity index (χ1) is 7.50. The summed E-state index contributed by atoms with van der Waals surface area (Å²) in [5, 5.41) is 0. The second kappa shape index (κ2) is 3.75. The van der Waals surface area contributed by atoms with Gasteiger partial charge in [0, 0.05) is 6.26 Å². The molecule has 0 aromatic heterocycles. The predicted octanol–water partition coefficient (Wildman–Crippen LogP) is 1.21. The fraction of sp³-hybridized carbons (Fsp3) is 0.182. The van der Waals surface area contributed by atoms with Gasteiger partial charge < -0.3 is 4.74 Å². The molecule has 1 aromatic carbocycles. The molecule has 1 unspecified atom stereocenters. The summed E-state index contributed by atoms with van der Waals surface area (Å²) in [6.45, 7) is 0.